The summed E-state index contributed by atoms with van der Waals surface area (Å²) < 4.78 is 12.4. The summed E-state index contributed by atoms with van der Waals surface area (Å²) in [6.45, 7) is 6.41. The summed E-state index contributed by atoms with van der Waals surface area (Å²) in [6, 6.07) is 6.74. The van der Waals surface area contributed by atoms with Crippen molar-refractivity contribution in [2.75, 3.05) is 0 Å². The molecular weight excluding hydrogens is 175 g/mol. The van der Waals surface area contributed by atoms with Gasteiger partial charge in [0.05, 0.1) is 0 Å². The molecule has 0 N–H and O–H groups in total. The van der Waals surface area contributed by atoms with Gasteiger partial charge in [0.25, 0.3) is 0 Å². The van der Waals surface area contributed by atoms with Gasteiger partial charge in [0.1, 0.15) is 5.82 Å². The van der Waals surface area contributed by atoms with Crippen LogP contribution < -0.4 is 0 Å². The van der Waals surface area contributed by atoms with Crippen molar-refractivity contribution in [3.8, 4) is 0 Å². The molecular formula is C13H21F. The number of rotatable bonds is 3. The van der Waals surface area contributed by atoms with Crippen molar-refractivity contribution in [2.24, 2.45) is 0 Å². The fraction of sp³-hybridized carbons (Fsp3) is 0.538. The molecule has 1 aromatic carbocycles. The van der Waals surface area contributed by atoms with Crippen molar-refractivity contribution in [1.82, 2.24) is 0 Å². The van der Waals surface area contributed by atoms with Crippen LogP contribution in [0.15, 0.2) is 24.3 Å². The maximum atomic E-state index is 12.4. The predicted molar refractivity (Wildman–Crippen MR) is 61.0 cm³/mol. The number of halogens is 1. The Balaban J connectivity index is 0.000000500. The van der Waals surface area contributed by atoms with Crippen molar-refractivity contribution in [1.29, 1.82) is 0 Å². The Morgan fingerprint density at radius 3 is 1.93 bits per heavy atom. The standard InChI is InChI=1S/C10H13F.C3H8/c1-2-3-4-9-5-7-10(11)8-6-9;1-3-2/h5-8H,2-4H2,1H3;3H2,1-2H3. The van der Waals surface area contributed by atoms with Gasteiger partial charge < -0.3 is 0 Å². The number of hydrogen-bond donors (Lipinski definition) is 0. The molecule has 0 aliphatic carbocycles. The molecule has 0 radical (unpaired) electrons. The third kappa shape index (κ3) is 6.64. The summed E-state index contributed by atoms with van der Waals surface area (Å²) in [5.74, 6) is -0.148. The largest absolute Gasteiger partial charge is 0.207 e. The lowest BCUT2D eigenvalue weighted by Gasteiger charge is -1.97. The van der Waals surface area contributed by atoms with Crippen LogP contribution >= 0.6 is 0 Å². The van der Waals surface area contributed by atoms with E-state index in [-0.39, 0.29) is 5.82 Å². The van der Waals surface area contributed by atoms with Crippen molar-refractivity contribution in [2.45, 2.75) is 46.5 Å². The Hall–Kier alpha value is -0.850. The number of hydrogen-bond acceptors (Lipinski definition) is 0. The average Bonchev–Trinajstić information content (AvgIpc) is 2.18. The van der Waals surface area contributed by atoms with Gasteiger partial charge in [-0.15, -0.1) is 0 Å². The van der Waals surface area contributed by atoms with Gasteiger partial charge in [-0.25, -0.2) is 4.39 Å². The van der Waals surface area contributed by atoms with Gasteiger partial charge in [-0.05, 0) is 30.5 Å². The van der Waals surface area contributed by atoms with Gasteiger partial charge in [-0.1, -0.05) is 45.7 Å². The molecule has 0 nitrogen and oxygen atoms in total. The van der Waals surface area contributed by atoms with Crippen molar-refractivity contribution in [3.63, 3.8) is 0 Å². The molecule has 1 aromatic rings. The summed E-state index contributed by atoms with van der Waals surface area (Å²) in [4.78, 5) is 0. The van der Waals surface area contributed by atoms with E-state index in [0.29, 0.717) is 0 Å². The molecule has 0 amide bonds. The topological polar surface area (TPSA) is 0 Å². The molecule has 0 aromatic heterocycles. The Morgan fingerprint density at radius 2 is 1.50 bits per heavy atom. The van der Waals surface area contributed by atoms with Crippen LogP contribution in [0.5, 0.6) is 0 Å². The van der Waals surface area contributed by atoms with Crippen LogP contribution in [0.25, 0.3) is 0 Å². The summed E-state index contributed by atoms with van der Waals surface area (Å²) in [6.07, 6.45) is 4.69. The van der Waals surface area contributed by atoms with Gasteiger partial charge in [0.2, 0.25) is 0 Å². The van der Waals surface area contributed by atoms with Crippen LogP contribution in [0.4, 0.5) is 4.39 Å². The van der Waals surface area contributed by atoms with E-state index in [9.17, 15) is 4.39 Å². The van der Waals surface area contributed by atoms with E-state index < -0.39 is 0 Å². The monoisotopic (exact) mass is 196 g/mol. The first-order valence-electron chi connectivity index (χ1n) is 5.49. The Kier molecular flexibility index (Phi) is 8.20. The van der Waals surface area contributed by atoms with Gasteiger partial charge in [0, 0.05) is 0 Å². The zero-order chi connectivity index (χ0) is 10.8. The highest BCUT2D eigenvalue weighted by molar-refractivity contribution is 5.15. The molecule has 0 heterocycles. The fourth-order valence-electron chi connectivity index (χ4n) is 1.03. The minimum absolute atomic E-state index is 0.148. The molecule has 0 saturated carbocycles. The molecule has 0 fully saturated rings. The minimum Gasteiger partial charge on any atom is -0.207 e. The highest BCUT2D eigenvalue weighted by Crippen LogP contribution is 2.06. The first kappa shape index (κ1) is 13.2. The van der Waals surface area contributed by atoms with Crippen molar-refractivity contribution < 1.29 is 4.39 Å². The molecule has 14 heavy (non-hydrogen) atoms. The van der Waals surface area contributed by atoms with E-state index in [4.69, 9.17) is 0 Å². The fourth-order valence-corrected chi connectivity index (χ4v) is 1.03. The lowest BCUT2D eigenvalue weighted by Crippen LogP contribution is -1.83. The normalized spacial score (nSPS) is 9.14. The highest BCUT2D eigenvalue weighted by Gasteiger charge is 1.91. The zero-order valence-electron chi connectivity index (χ0n) is 9.52. The van der Waals surface area contributed by atoms with Gasteiger partial charge in [0.15, 0.2) is 0 Å². The van der Waals surface area contributed by atoms with E-state index in [1.807, 2.05) is 12.1 Å². The van der Waals surface area contributed by atoms with Gasteiger partial charge in [-0.2, -0.15) is 0 Å². The zero-order valence-corrected chi connectivity index (χ0v) is 9.52. The van der Waals surface area contributed by atoms with Crippen LogP contribution in [0.1, 0.15) is 45.6 Å². The third-order valence-corrected chi connectivity index (χ3v) is 1.73. The first-order chi connectivity index (χ1) is 6.74. The second-order valence-corrected chi connectivity index (χ2v) is 3.44. The van der Waals surface area contributed by atoms with Crippen LogP contribution in [0.3, 0.4) is 0 Å². The average molecular weight is 196 g/mol. The number of unbranched alkanes of at least 4 members (excludes halogenated alkanes) is 1. The molecule has 80 valence electrons. The summed E-state index contributed by atoms with van der Waals surface area (Å²) >= 11 is 0. The second kappa shape index (κ2) is 8.74. The molecule has 0 bridgehead atoms. The number of benzene rings is 1. The molecule has 1 heteroatoms. The minimum atomic E-state index is -0.148. The molecule has 0 saturated heterocycles. The quantitative estimate of drug-likeness (QED) is 0.663. The van der Waals surface area contributed by atoms with Crippen LogP contribution in [-0.2, 0) is 6.42 Å². The summed E-state index contributed by atoms with van der Waals surface area (Å²) in [7, 11) is 0. The molecule has 1 rings (SSSR count). The molecule has 0 unspecified atom stereocenters. The smallest absolute Gasteiger partial charge is 0.123 e. The Morgan fingerprint density at radius 1 is 1.00 bits per heavy atom. The van der Waals surface area contributed by atoms with E-state index in [1.54, 1.807) is 0 Å². The Bertz CT molecular complexity index is 213. The van der Waals surface area contributed by atoms with E-state index in [1.165, 1.54) is 37.0 Å². The molecule has 0 spiro atoms. The maximum Gasteiger partial charge on any atom is 0.123 e. The van der Waals surface area contributed by atoms with E-state index >= 15 is 0 Å². The van der Waals surface area contributed by atoms with Crippen LogP contribution in [0, 0.1) is 5.82 Å². The van der Waals surface area contributed by atoms with Gasteiger partial charge in [-0.3, -0.25) is 0 Å². The third-order valence-electron chi connectivity index (χ3n) is 1.73. The highest BCUT2D eigenvalue weighted by atomic mass is 19.1. The van der Waals surface area contributed by atoms with Crippen molar-refractivity contribution >= 4 is 0 Å². The lowest BCUT2D eigenvalue weighted by molar-refractivity contribution is 0.626. The van der Waals surface area contributed by atoms with Crippen LogP contribution in [0.2, 0.25) is 0 Å². The number of aryl methyl sites for hydroxylation is 1. The van der Waals surface area contributed by atoms with Crippen LogP contribution in [-0.4, -0.2) is 0 Å². The van der Waals surface area contributed by atoms with E-state index in [0.717, 1.165) is 6.42 Å². The predicted octanol–water partition coefficient (Wildman–Crippen LogP) is 4.58. The Labute approximate surface area is 87.2 Å². The summed E-state index contributed by atoms with van der Waals surface area (Å²) in [5, 5.41) is 0. The van der Waals surface area contributed by atoms with Gasteiger partial charge >= 0.3 is 0 Å². The first-order valence-corrected chi connectivity index (χ1v) is 5.49. The molecule has 0 aliphatic rings. The van der Waals surface area contributed by atoms with E-state index in [2.05, 4.69) is 20.8 Å². The van der Waals surface area contributed by atoms with Crippen molar-refractivity contribution in [3.05, 3.63) is 35.6 Å². The molecule has 0 aliphatic heterocycles. The maximum absolute atomic E-state index is 12.4. The summed E-state index contributed by atoms with van der Waals surface area (Å²) in [5.41, 5.74) is 1.23. The SMILES string of the molecule is CCC.CCCCc1ccc(F)cc1. The lowest BCUT2D eigenvalue weighted by atomic mass is 10.1. The molecule has 0 atom stereocenters. The second-order valence-electron chi connectivity index (χ2n) is 3.44.